The number of carbonyl (C=O) groups excluding carboxylic acids is 5. The molecule has 0 saturated carbocycles. The van der Waals surface area contributed by atoms with Gasteiger partial charge in [-0.1, -0.05) is 23.2 Å². The summed E-state index contributed by atoms with van der Waals surface area (Å²) in [6.07, 6.45) is -1.47. The van der Waals surface area contributed by atoms with Crippen molar-refractivity contribution in [3.05, 3.63) is 69.5 Å². The highest BCUT2D eigenvalue weighted by Crippen LogP contribution is 2.35. The number of nitrogens with one attached hydrogen (secondary N) is 3. The molecule has 0 radical (unpaired) electrons. The number of hydrogen-bond donors (Lipinski definition) is 4. The van der Waals surface area contributed by atoms with Gasteiger partial charge in [-0.3, -0.25) is 19.2 Å². The highest BCUT2D eigenvalue weighted by atomic mass is 35.5. The van der Waals surface area contributed by atoms with Crippen LogP contribution in [0.1, 0.15) is 72.4 Å². The number of aromatic amines is 2. The zero-order chi connectivity index (χ0) is 48.1. The van der Waals surface area contributed by atoms with Gasteiger partial charge in [0.05, 0.1) is 24.3 Å². The number of likely N-dealkylation sites (tertiary alicyclic amines) is 2. The molecule has 2 aromatic heterocycles. The molecule has 0 unspecified atom stereocenters. The first-order valence-corrected chi connectivity index (χ1v) is 22.0. The molecule has 356 valence electrons. The van der Waals surface area contributed by atoms with Crippen LogP contribution in [-0.2, 0) is 55.7 Å². The zero-order valence-corrected chi connectivity index (χ0v) is 39.4. The average molecular weight is 952 g/mol. The fourth-order valence-electron chi connectivity index (χ4n) is 8.26. The van der Waals surface area contributed by atoms with Gasteiger partial charge in [-0.15, -0.1) is 0 Å². The predicted octanol–water partition coefficient (Wildman–Crippen LogP) is 6.36. The number of halogens is 4. The van der Waals surface area contributed by atoms with Crippen LogP contribution >= 0.6 is 23.2 Å². The first-order valence-electron chi connectivity index (χ1n) is 21.2. The topological polar surface area (TPSA) is 208 Å². The van der Waals surface area contributed by atoms with Crippen LogP contribution in [0.5, 0.6) is 0 Å². The second-order valence-electron chi connectivity index (χ2n) is 17.2. The third-order valence-corrected chi connectivity index (χ3v) is 12.2. The minimum atomic E-state index is -1.05. The highest BCUT2D eigenvalue weighted by molar-refractivity contribution is 6.32. The Morgan fingerprint density at radius 1 is 0.769 bits per heavy atom. The monoisotopic (exact) mass is 950 g/mol. The Morgan fingerprint density at radius 3 is 1.60 bits per heavy atom. The Balaban J connectivity index is 0.000000250. The van der Waals surface area contributed by atoms with E-state index < -0.39 is 83.9 Å². The van der Waals surface area contributed by atoms with Gasteiger partial charge in [-0.2, -0.15) is 0 Å². The van der Waals surface area contributed by atoms with Crippen LogP contribution in [0.4, 0.5) is 13.6 Å². The molecule has 65 heavy (non-hydrogen) atoms. The van der Waals surface area contributed by atoms with Gasteiger partial charge < -0.3 is 54.5 Å². The van der Waals surface area contributed by atoms with E-state index in [2.05, 4.69) is 15.3 Å². The average Bonchev–Trinajstić information content (AvgIpc) is 3.97. The second kappa shape index (κ2) is 21.5. The van der Waals surface area contributed by atoms with E-state index in [0.29, 0.717) is 64.6 Å². The van der Waals surface area contributed by atoms with Crippen LogP contribution in [0.3, 0.4) is 0 Å². The lowest BCUT2D eigenvalue weighted by molar-refractivity contribution is -0.150. The van der Waals surface area contributed by atoms with Gasteiger partial charge in [0.25, 0.3) is 0 Å². The Kier molecular flexibility index (Phi) is 16.9. The van der Waals surface area contributed by atoms with Gasteiger partial charge >= 0.3 is 18.0 Å². The van der Waals surface area contributed by atoms with Crippen molar-refractivity contribution in [3.8, 4) is 0 Å². The number of amides is 3. The van der Waals surface area contributed by atoms with Crippen molar-refractivity contribution in [3.63, 3.8) is 0 Å². The molecule has 6 rings (SSSR count). The van der Waals surface area contributed by atoms with Gasteiger partial charge in [0.2, 0.25) is 11.8 Å². The molecule has 2 aromatic carbocycles. The van der Waals surface area contributed by atoms with Crippen LogP contribution < -0.4 is 11.1 Å². The van der Waals surface area contributed by atoms with Gasteiger partial charge in [0, 0.05) is 88.6 Å². The minimum absolute atomic E-state index is 0.245. The molecule has 16 nitrogen and oxygen atoms in total. The van der Waals surface area contributed by atoms with Gasteiger partial charge in [-0.25, -0.2) is 13.6 Å². The summed E-state index contributed by atoms with van der Waals surface area (Å²) in [6.45, 7) is 11.9. The number of aromatic nitrogens is 2. The Bertz CT molecular complexity index is 2370. The zero-order valence-electron chi connectivity index (χ0n) is 37.9. The second-order valence-corrected chi connectivity index (χ2v) is 18.0. The summed E-state index contributed by atoms with van der Waals surface area (Å²) < 4.78 is 54.2. The van der Waals surface area contributed by atoms with Crippen LogP contribution in [0.15, 0.2) is 36.4 Å². The Hall–Kier alpha value is -5.01. The Morgan fingerprint density at radius 2 is 1.20 bits per heavy atom. The maximum Gasteiger partial charge on any atom is 0.408 e. The van der Waals surface area contributed by atoms with E-state index in [9.17, 15) is 32.8 Å². The van der Waals surface area contributed by atoms with E-state index in [1.807, 2.05) is 0 Å². The Labute approximate surface area is 386 Å². The lowest BCUT2D eigenvalue weighted by atomic mass is 10.00. The molecule has 5 N–H and O–H groups in total. The number of ether oxygens (including phenoxy) is 5. The molecule has 2 saturated heterocycles. The molecule has 8 atom stereocenters. The molecule has 0 aliphatic carbocycles. The van der Waals surface area contributed by atoms with E-state index in [1.54, 1.807) is 56.6 Å². The molecule has 4 heterocycles. The summed E-state index contributed by atoms with van der Waals surface area (Å²) in [4.78, 5) is 71.8. The molecule has 20 heteroatoms. The molecule has 4 aromatic rings. The number of benzene rings is 2. The fourth-order valence-corrected chi connectivity index (χ4v) is 8.82. The fraction of sp³-hybridized carbons (Fsp3) is 0.533. The van der Waals surface area contributed by atoms with Crippen molar-refractivity contribution in [2.75, 3.05) is 27.3 Å². The number of esters is 2. The number of rotatable bonds is 13. The maximum atomic E-state index is 13.8. The van der Waals surface area contributed by atoms with Crippen molar-refractivity contribution >= 4 is 74.9 Å². The van der Waals surface area contributed by atoms with Crippen LogP contribution in [0.25, 0.3) is 21.8 Å². The smallest absolute Gasteiger partial charge is 0.408 e. The number of nitrogens with two attached hydrogens (primary N) is 1. The molecule has 3 amide bonds. The molecule has 2 aliphatic heterocycles. The lowest BCUT2D eigenvalue weighted by Crippen LogP contribution is -2.57. The number of hydrogen-bond acceptors (Lipinski definition) is 11. The van der Waals surface area contributed by atoms with Crippen molar-refractivity contribution in [2.24, 2.45) is 5.73 Å². The van der Waals surface area contributed by atoms with Crippen LogP contribution in [0.2, 0.25) is 10.3 Å². The minimum Gasteiger partial charge on any atom is -0.460 e. The molecular weight excluding hydrogens is 893 g/mol. The first-order chi connectivity index (χ1) is 30.5. The van der Waals surface area contributed by atoms with Gasteiger partial charge in [0.1, 0.15) is 51.8 Å². The SMILES string of the molecule is CO[C@H](C)[C@H](N)C(=O)N1CC[C@H](OC(C)=O)[C@H]1Cc1c(Cl)[nH]c2cc(F)ccc12.CO[C@H](C)[C@H](NC(=O)OC(C)(C)C)C(=O)N1CC[C@H](OC(C)=O)[C@H]1Cc1c(Cl)[nH]c2cc(F)ccc12. The van der Waals surface area contributed by atoms with E-state index in [0.717, 1.165) is 10.9 Å². The first kappa shape index (κ1) is 51.0. The molecular formula is C45H58Cl2F2N6O10. The summed E-state index contributed by atoms with van der Waals surface area (Å²) in [7, 11) is 2.93. The molecule has 2 fully saturated rings. The largest absolute Gasteiger partial charge is 0.460 e. The van der Waals surface area contributed by atoms with E-state index in [4.69, 9.17) is 52.6 Å². The summed E-state index contributed by atoms with van der Waals surface area (Å²) in [5, 5.41) is 4.76. The lowest BCUT2D eigenvalue weighted by Gasteiger charge is -2.33. The van der Waals surface area contributed by atoms with E-state index in [-0.39, 0.29) is 18.1 Å². The third kappa shape index (κ3) is 12.5. The summed E-state index contributed by atoms with van der Waals surface area (Å²) in [5.41, 5.74) is 7.81. The van der Waals surface area contributed by atoms with E-state index in [1.165, 1.54) is 52.3 Å². The number of methoxy groups -OCH3 is 2. The predicted molar refractivity (Wildman–Crippen MR) is 239 cm³/mol. The standard InChI is InChI=1S/C25H33ClFN3O6.C20H25ClFN3O4/c1-13(34-6)21(29-24(33)36-25(3,4)5)23(32)30-10-9-20(35-14(2)31)19(30)12-17-16-8-7-15(27)11-18(16)28-22(17)26;1-10(28-3)18(23)20(27)25-7-6-17(29-11(2)26)16(25)9-14-13-5-4-12(22)8-15(13)24-19(14)21/h7-8,11,13,19-21,28H,9-10,12H2,1-6H3,(H,29,33);4-5,8,10,16-18,24H,6-7,9,23H2,1-3H3/t13-,19-,20+,21+;10-,16-,17+,18+/m11/s1. The summed E-state index contributed by atoms with van der Waals surface area (Å²) >= 11 is 12.8. The summed E-state index contributed by atoms with van der Waals surface area (Å²) in [6, 6.07) is 5.74. The maximum absolute atomic E-state index is 13.8. The van der Waals surface area contributed by atoms with Crippen molar-refractivity contribution in [1.82, 2.24) is 25.1 Å². The quantitative estimate of drug-likeness (QED) is 0.0857. The number of alkyl carbamates (subject to hydrolysis) is 1. The van der Waals surface area contributed by atoms with Crippen molar-refractivity contribution in [1.29, 1.82) is 0 Å². The third-order valence-electron chi connectivity index (χ3n) is 11.6. The molecule has 2 aliphatic rings. The number of nitrogens with zero attached hydrogens (tertiary/aromatic N) is 2. The van der Waals surface area contributed by atoms with Crippen LogP contribution in [0, 0.1) is 11.6 Å². The van der Waals surface area contributed by atoms with E-state index >= 15 is 0 Å². The van der Waals surface area contributed by atoms with Crippen molar-refractivity contribution < 1.29 is 56.4 Å². The normalized spacial score (nSPS) is 20.5. The van der Waals surface area contributed by atoms with Crippen molar-refractivity contribution in [2.45, 2.75) is 128 Å². The van der Waals surface area contributed by atoms with Crippen LogP contribution in [-0.4, -0.2) is 131 Å². The highest BCUT2D eigenvalue weighted by Gasteiger charge is 2.45. The molecule has 0 spiro atoms. The molecule has 0 bridgehead atoms. The van der Waals surface area contributed by atoms with Gasteiger partial charge in [0.15, 0.2) is 0 Å². The number of carbonyl (C=O) groups is 5. The summed E-state index contributed by atoms with van der Waals surface area (Å²) in [5.74, 6) is -2.36. The number of fused-ring (bicyclic) bond motifs is 2. The van der Waals surface area contributed by atoms with Gasteiger partial charge in [-0.05, 0) is 82.1 Å². The number of H-pyrrole nitrogens is 2.